The lowest BCUT2D eigenvalue weighted by atomic mass is 10.2. The van der Waals surface area contributed by atoms with Gasteiger partial charge in [-0.1, -0.05) is 41.9 Å². The van der Waals surface area contributed by atoms with E-state index >= 15 is 0 Å². The van der Waals surface area contributed by atoms with Gasteiger partial charge in [-0.05, 0) is 36.8 Å². The zero-order valence-electron chi connectivity index (χ0n) is 12.7. The number of ether oxygens (including phenoxy) is 1. The summed E-state index contributed by atoms with van der Waals surface area (Å²) in [5.41, 5.74) is 3.11. The van der Waals surface area contributed by atoms with E-state index < -0.39 is 0 Å². The molecule has 0 saturated carbocycles. The third-order valence-electron chi connectivity index (χ3n) is 3.06. The number of benzene rings is 1. The average Bonchev–Trinajstić information content (AvgIpc) is 2.45. The van der Waals surface area contributed by atoms with E-state index in [2.05, 4.69) is 52.2 Å². The first-order valence-corrected chi connectivity index (χ1v) is 7.91. The van der Waals surface area contributed by atoms with Crippen LogP contribution in [0.25, 0.3) is 0 Å². The maximum Gasteiger partial charge on any atom is 0.142 e. The standard InChI is InChI=1S/C17H21BrN2O/c1-12(2)19-10-16-17(9-4-13(3)20-16)21-11-14-5-7-15(18)8-6-14/h4-9,12,19H,10-11H2,1-3H3. The van der Waals surface area contributed by atoms with Crippen LogP contribution in [0.4, 0.5) is 0 Å². The molecule has 0 aliphatic rings. The molecule has 0 fully saturated rings. The number of nitrogens with one attached hydrogen (secondary N) is 1. The minimum atomic E-state index is 0.423. The van der Waals surface area contributed by atoms with Crippen LogP contribution in [0.5, 0.6) is 5.75 Å². The molecule has 0 radical (unpaired) electrons. The molecule has 2 rings (SSSR count). The number of pyridine rings is 1. The van der Waals surface area contributed by atoms with E-state index in [0.29, 0.717) is 12.6 Å². The lowest BCUT2D eigenvalue weighted by molar-refractivity contribution is 0.299. The van der Waals surface area contributed by atoms with Crippen molar-refractivity contribution in [2.75, 3.05) is 0 Å². The van der Waals surface area contributed by atoms with Gasteiger partial charge in [-0.15, -0.1) is 0 Å². The highest BCUT2D eigenvalue weighted by molar-refractivity contribution is 9.10. The molecular formula is C17H21BrN2O. The van der Waals surface area contributed by atoms with E-state index in [1.165, 1.54) is 0 Å². The van der Waals surface area contributed by atoms with Gasteiger partial charge in [-0.2, -0.15) is 0 Å². The molecule has 21 heavy (non-hydrogen) atoms. The van der Waals surface area contributed by atoms with Crippen LogP contribution in [0.15, 0.2) is 40.9 Å². The largest absolute Gasteiger partial charge is 0.487 e. The van der Waals surface area contributed by atoms with Crippen LogP contribution in [0.3, 0.4) is 0 Å². The molecule has 1 aromatic carbocycles. The SMILES string of the molecule is Cc1ccc(OCc2ccc(Br)cc2)c(CNC(C)C)n1. The Kier molecular flexibility index (Phi) is 5.76. The number of nitrogens with zero attached hydrogens (tertiary/aromatic N) is 1. The summed E-state index contributed by atoms with van der Waals surface area (Å²) in [6, 6.07) is 12.6. The molecule has 0 aliphatic carbocycles. The van der Waals surface area contributed by atoms with Crippen LogP contribution in [-0.4, -0.2) is 11.0 Å². The summed E-state index contributed by atoms with van der Waals surface area (Å²) in [4.78, 5) is 4.58. The van der Waals surface area contributed by atoms with E-state index in [0.717, 1.165) is 33.7 Å². The molecule has 0 amide bonds. The zero-order valence-corrected chi connectivity index (χ0v) is 14.3. The van der Waals surface area contributed by atoms with Crippen molar-refractivity contribution in [2.24, 2.45) is 0 Å². The van der Waals surface area contributed by atoms with Gasteiger partial charge in [0.25, 0.3) is 0 Å². The first-order chi connectivity index (χ1) is 10.0. The van der Waals surface area contributed by atoms with E-state index in [1.54, 1.807) is 0 Å². The fourth-order valence-electron chi connectivity index (χ4n) is 1.90. The maximum atomic E-state index is 5.93. The van der Waals surface area contributed by atoms with Gasteiger partial charge in [0, 0.05) is 22.8 Å². The first kappa shape index (κ1) is 16.0. The van der Waals surface area contributed by atoms with Gasteiger partial charge < -0.3 is 10.1 Å². The zero-order chi connectivity index (χ0) is 15.2. The van der Waals surface area contributed by atoms with E-state index in [4.69, 9.17) is 4.74 Å². The highest BCUT2D eigenvalue weighted by Crippen LogP contribution is 2.19. The molecule has 1 N–H and O–H groups in total. The summed E-state index contributed by atoms with van der Waals surface area (Å²) in [5.74, 6) is 0.844. The summed E-state index contributed by atoms with van der Waals surface area (Å²) >= 11 is 3.44. The van der Waals surface area contributed by atoms with Crippen LogP contribution in [0, 0.1) is 6.92 Å². The van der Waals surface area contributed by atoms with Crippen molar-refractivity contribution in [2.45, 2.75) is 40.0 Å². The van der Waals surface area contributed by atoms with Crippen LogP contribution in [0.1, 0.15) is 30.8 Å². The minimum absolute atomic E-state index is 0.423. The third kappa shape index (κ3) is 5.14. The Morgan fingerprint density at radius 3 is 2.52 bits per heavy atom. The molecule has 0 atom stereocenters. The lowest BCUT2D eigenvalue weighted by Gasteiger charge is -2.13. The predicted molar refractivity (Wildman–Crippen MR) is 89.4 cm³/mol. The molecule has 0 bridgehead atoms. The molecule has 0 saturated heterocycles. The maximum absolute atomic E-state index is 5.93. The Labute approximate surface area is 134 Å². The Morgan fingerprint density at radius 1 is 1.14 bits per heavy atom. The smallest absolute Gasteiger partial charge is 0.142 e. The van der Waals surface area contributed by atoms with Crippen molar-refractivity contribution in [1.82, 2.24) is 10.3 Å². The van der Waals surface area contributed by atoms with Crippen LogP contribution in [0.2, 0.25) is 0 Å². The molecule has 3 nitrogen and oxygen atoms in total. The van der Waals surface area contributed by atoms with E-state index in [-0.39, 0.29) is 0 Å². The van der Waals surface area contributed by atoms with Crippen molar-refractivity contribution >= 4 is 15.9 Å². The lowest BCUT2D eigenvalue weighted by Crippen LogP contribution is -2.23. The van der Waals surface area contributed by atoms with Gasteiger partial charge in [0.1, 0.15) is 12.4 Å². The molecule has 112 valence electrons. The third-order valence-corrected chi connectivity index (χ3v) is 3.59. The monoisotopic (exact) mass is 348 g/mol. The molecule has 0 aliphatic heterocycles. The number of rotatable bonds is 6. The highest BCUT2D eigenvalue weighted by Gasteiger charge is 2.07. The second kappa shape index (κ2) is 7.57. The van der Waals surface area contributed by atoms with Crippen LogP contribution in [-0.2, 0) is 13.2 Å². The summed E-state index contributed by atoms with van der Waals surface area (Å²) in [6.45, 7) is 7.51. The molecule has 1 heterocycles. The topological polar surface area (TPSA) is 34.1 Å². The number of hydrogen-bond acceptors (Lipinski definition) is 3. The fraction of sp³-hybridized carbons (Fsp3) is 0.353. The first-order valence-electron chi connectivity index (χ1n) is 7.12. The summed E-state index contributed by atoms with van der Waals surface area (Å²) in [6.07, 6.45) is 0. The summed E-state index contributed by atoms with van der Waals surface area (Å²) < 4.78 is 7.01. The molecule has 0 unspecified atom stereocenters. The molecule has 0 spiro atoms. The number of aryl methyl sites for hydroxylation is 1. The van der Waals surface area contributed by atoms with E-state index in [9.17, 15) is 0 Å². The predicted octanol–water partition coefficient (Wildman–Crippen LogP) is 4.23. The Bertz CT molecular complexity index is 582. The molecule has 2 aromatic rings. The van der Waals surface area contributed by atoms with Gasteiger partial charge in [0.2, 0.25) is 0 Å². The normalized spacial score (nSPS) is 10.9. The molecule has 1 aromatic heterocycles. The number of aromatic nitrogens is 1. The van der Waals surface area contributed by atoms with Crippen molar-refractivity contribution in [1.29, 1.82) is 0 Å². The van der Waals surface area contributed by atoms with Crippen molar-refractivity contribution < 1.29 is 4.74 Å². The Balaban J connectivity index is 2.06. The van der Waals surface area contributed by atoms with E-state index in [1.807, 2.05) is 31.2 Å². The summed E-state index contributed by atoms with van der Waals surface area (Å²) in [5, 5.41) is 3.39. The van der Waals surface area contributed by atoms with Gasteiger partial charge in [-0.3, -0.25) is 4.98 Å². The molecule has 4 heteroatoms. The summed E-state index contributed by atoms with van der Waals surface area (Å²) in [7, 11) is 0. The van der Waals surface area contributed by atoms with Gasteiger partial charge in [-0.25, -0.2) is 0 Å². The minimum Gasteiger partial charge on any atom is -0.487 e. The van der Waals surface area contributed by atoms with Gasteiger partial charge >= 0.3 is 0 Å². The second-order valence-electron chi connectivity index (χ2n) is 5.35. The Morgan fingerprint density at radius 2 is 1.86 bits per heavy atom. The quantitative estimate of drug-likeness (QED) is 0.848. The van der Waals surface area contributed by atoms with Gasteiger partial charge in [0.15, 0.2) is 0 Å². The van der Waals surface area contributed by atoms with Gasteiger partial charge in [0.05, 0.1) is 5.69 Å². The van der Waals surface area contributed by atoms with Crippen molar-refractivity contribution in [3.8, 4) is 5.75 Å². The van der Waals surface area contributed by atoms with Crippen molar-refractivity contribution in [3.05, 3.63) is 57.8 Å². The number of halogens is 1. The number of hydrogen-bond donors (Lipinski definition) is 1. The fourth-order valence-corrected chi connectivity index (χ4v) is 2.16. The van der Waals surface area contributed by atoms with Crippen LogP contribution >= 0.6 is 15.9 Å². The molecular weight excluding hydrogens is 328 g/mol. The average molecular weight is 349 g/mol. The van der Waals surface area contributed by atoms with Crippen LogP contribution < -0.4 is 10.1 Å². The highest BCUT2D eigenvalue weighted by atomic mass is 79.9. The second-order valence-corrected chi connectivity index (χ2v) is 6.26. The van der Waals surface area contributed by atoms with Crippen molar-refractivity contribution in [3.63, 3.8) is 0 Å². The Hall–Kier alpha value is -1.39.